The summed E-state index contributed by atoms with van der Waals surface area (Å²) in [6.07, 6.45) is 3.39. The summed E-state index contributed by atoms with van der Waals surface area (Å²) in [7, 11) is 0. The van der Waals surface area contributed by atoms with Gasteiger partial charge in [-0.2, -0.15) is 0 Å². The van der Waals surface area contributed by atoms with Crippen molar-refractivity contribution in [3.05, 3.63) is 30.1 Å². The van der Waals surface area contributed by atoms with Crippen LogP contribution >= 0.6 is 11.8 Å². The van der Waals surface area contributed by atoms with Gasteiger partial charge in [-0.05, 0) is 43.7 Å². The topological polar surface area (TPSA) is 26.3 Å². The van der Waals surface area contributed by atoms with Gasteiger partial charge in [-0.3, -0.25) is 4.79 Å². The molecule has 0 saturated carbocycles. The highest BCUT2D eigenvalue weighted by Crippen LogP contribution is 2.20. The second-order valence-electron chi connectivity index (χ2n) is 3.92. The molecule has 1 rings (SSSR count). The first-order chi connectivity index (χ1) is 8.72. The van der Waals surface area contributed by atoms with E-state index in [0.29, 0.717) is 13.0 Å². The molecule has 0 spiro atoms. The Hall–Kier alpha value is -1.03. The number of thioether (sulfide) groups is 1. The van der Waals surface area contributed by atoms with Crippen LogP contribution in [0.1, 0.15) is 32.6 Å². The van der Waals surface area contributed by atoms with Gasteiger partial charge in [0.1, 0.15) is 5.82 Å². The fourth-order valence-electron chi connectivity index (χ4n) is 1.53. The van der Waals surface area contributed by atoms with E-state index in [1.54, 1.807) is 23.9 Å². The lowest BCUT2D eigenvalue weighted by atomic mass is 10.2. The fraction of sp³-hybridized carbons (Fsp3) is 0.500. The minimum absolute atomic E-state index is 0.115. The number of ether oxygens (including phenoxy) is 1. The van der Waals surface area contributed by atoms with Gasteiger partial charge in [-0.25, -0.2) is 4.39 Å². The first kappa shape index (κ1) is 15.0. The van der Waals surface area contributed by atoms with Gasteiger partial charge in [0, 0.05) is 11.3 Å². The lowest BCUT2D eigenvalue weighted by molar-refractivity contribution is -0.143. The summed E-state index contributed by atoms with van der Waals surface area (Å²) >= 11 is 1.65. The molecule has 2 nitrogen and oxygen atoms in total. The zero-order valence-electron chi connectivity index (χ0n) is 10.7. The molecule has 4 heteroatoms. The molecule has 0 N–H and O–H groups in total. The molecule has 1 aromatic rings. The molecule has 18 heavy (non-hydrogen) atoms. The second kappa shape index (κ2) is 8.97. The van der Waals surface area contributed by atoms with Crippen LogP contribution in [0.4, 0.5) is 4.39 Å². The number of rotatable bonds is 8. The second-order valence-corrected chi connectivity index (χ2v) is 5.09. The normalized spacial score (nSPS) is 10.3. The maximum atomic E-state index is 12.9. The summed E-state index contributed by atoms with van der Waals surface area (Å²) in [4.78, 5) is 12.0. The van der Waals surface area contributed by atoms with Crippen molar-refractivity contribution in [1.29, 1.82) is 0 Å². The molecule has 0 atom stereocenters. The van der Waals surface area contributed by atoms with E-state index >= 15 is 0 Å². The number of esters is 1. The molecule has 0 aliphatic carbocycles. The Morgan fingerprint density at radius 1 is 1.33 bits per heavy atom. The molecule has 0 aliphatic heterocycles. The summed E-state index contributed by atoms with van der Waals surface area (Å²) < 4.78 is 17.7. The minimum atomic E-state index is -0.192. The van der Waals surface area contributed by atoms with Gasteiger partial charge >= 0.3 is 5.97 Å². The van der Waals surface area contributed by atoms with E-state index in [4.69, 9.17) is 4.74 Å². The maximum Gasteiger partial charge on any atom is 0.305 e. The number of benzene rings is 1. The third-order valence-electron chi connectivity index (χ3n) is 2.40. The smallest absolute Gasteiger partial charge is 0.305 e. The number of hydrogen-bond acceptors (Lipinski definition) is 3. The number of carbonyl (C=O) groups excluding carboxylic acids is 1. The standard InChI is InChI=1S/C14H19FO2S/c1-2-17-14(16)9-4-3-5-10-18-13-8-6-7-12(15)11-13/h6-8,11H,2-5,9-10H2,1H3. The number of hydrogen-bond donors (Lipinski definition) is 0. The first-order valence-corrected chi connectivity index (χ1v) is 7.25. The zero-order valence-corrected chi connectivity index (χ0v) is 11.5. The van der Waals surface area contributed by atoms with E-state index < -0.39 is 0 Å². The predicted molar refractivity (Wildman–Crippen MR) is 72.2 cm³/mol. The molecule has 0 amide bonds. The monoisotopic (exact) mass is 270 g/mol. The van der Waals surface area contributed by atoms with Gasteiger partial charge in [-0.1, -0.05) is 12.5 Å². The van der Waals surface area contributed by atoms with E-state index in [1.165, 1.54) is 6.07 Å². The van der Waals surface area contributed by atoms with Crippen molar-refractivity contribution in [2.45, 2.75) is 37.5 Å². The van der Waals surface area contributed by atoms with Crippen LogP contribution in [0.15, 0.2) is 29.2 Å². The number of carbonyl (C=O) groups is 1. The highest BCUT2D eigenvalue weighted by atomic mass is 32.2. The van der Waals surface area contributed by atoms with Crippen molar-refractivity contribution in [2.24, 2.45) is 0 Å². The molecule has 1 aromatic carbocycles. The van der Waals surface area contributed by atoms with Gasteiger partial charge in [-0.15, -0.1) is 11.8 Å². The SMILES string of the molecule is CCOC(=O)CCCCCSc1cccc(F)c1. The van der Waals surface area contributed by atoms with E-state index in [0.717, 1.165) is 29.9 Å². The van der Waals surface area contributed by atoms with Crippen LogP contribution in [0.5, 0.6) is 0 Å². The average Bonchev–Trinajstić information content (AvgIpc) is 2.34. The van der Waals surface area contributed by atoms with Crippen molar-refractivity contribution in [3.63, 3.8) is 0 Å². The van der Waals surface area contributed by atoms with Crippen LogP contribution in [0.3, 0.4) is 0 Å². The Kier molecular flexibility index (Phi) is 7.49. The Morgan fingerprint density at radius 3 is 2.89 bits per heavy atom. The molecule has 0 heterocycles. The van der Waals surface area contributed by atoms with Gasteiger partial charge in [0.15, 0.2) is 0 Å². The van der Waals surface area contributed by atoms with Gasteiger partial charge < -0.3 is 4.74 Å². The Morgan fingerprint density at radius 2 is 2.17 bits per heavy atom. The summed E-state index contributed by atoms with van der Waals surface area (Å²) in [5.74, 6) is 0.643. The minimum Gasteiger partial charge on any atom is -0.466 e. The van der Waals surface area contributed by atoms with Gasteiger partial charge in [0.2, 0.25) is 0 Å². The van der Waals surface area contributed by atoms with E-state index in [2.05, 4.69) is 0 Å². The predicted octanol–water partition coefficient (Wildman–Crippen LogP) is 4.04. The van der Waals surface area contributed by atoms with Crippen LogP contribution in [0.25, 0.3) is 0 Å². The molecule has 0 aromatic heterocycles. The van der Waals surface area contributed by atoms with Crippen molar-refractivity contribution in [1.82, 2.24) is 0 Å². The van der Waals surface area contributed by atoms with Crippen LogP contribution in [0, 0.1) is 5.82 Å². The Balaban J connectivity index is 2.04. The van der Waals surface area contributed by atoms with Gasteiger partial charge in [0.05, 0.1) is 6.61 Å². The molecule has 0 bridgehead atoms. The third-order valence-corrected chi connectivity index (χ3v) is 3.48. The highest BCUT2D eigenvalue weighted by molar-refractivity contribution is 7.99. The molecule has 100 valence electrons. The highest BCUT2D eigenvalue weighted by Gasteiger charge is 2.01. The van der Waals surface area contributed by atoms with Gasteiger partial charge in [0.25, 0.3) is 0 Å². The van der Waals surface area contributed by atoms with E-state index in [9.17, 15) is 9.18 Å². The van der Waals surface area contributed by atoms with Crippen molar-refractivity contribution < 1.29 is 13.9 Å². The summed E-state index contributed by atoms with van der Waals surface area (Å²) in [6.45, 7) is 2.27. The number of unbranched alkanes of at least 4 members (excludes halogenated alkanes) is 2. The molecule has 0 saturated heterocycles. The maximum absolute atomic E-state index is 12.9. The van der Waals surface area contributed by atoms with Crippen LogP contribution in [0.2, 0.25) is 0 Å². The molecule has 0 fully saturated rings. The summed E-state index contributed by atoms with van der Waals surface area (Å²) in [5.41, 5.74) is 0. The molecule has 0 unspecified atom stereocenters. The molecule has 0 aliphatic rings. The largest absolute Gasteiger partial charge is 0.466 e. The molecular weight excluding hydrogens is 251 g/mol. The van der Waals surface area contributed by atoms with Crippen LogP contribution in [-0.4, -0.2) is 18.3 Å². The third kappa shape index (κ3) is 6.64. The van der Waals surface area contributed by atoms with E-state index in [-0.39, 0.29) is 11.8 Å². The fourth-order valence-corrected chi connectivity index (χ4v) is 2.48. The average molecular weight is 270 g/mol. The summed E-state index contributed by atoms with van der Waals surface area (Å²) in [5, 5.41) is 0. The van der Waals surface area contributed by atoms with Crippen molar-refractivity contribution >= 4 is 17.7 Å². The quantitative estimate of drug-likeness (QED) is 0.405. The molecule has 0 radical (unpaired) electrons. The van der Waals surface area contributed by atoms with Crippen LogP contribution in [-0.2, 0) is 9.53 Å². The Bertz CT molecular complexity index is 369. The van der Waals surface area contributed by atoms with Crippen LogP contribution < -0.4 is 0 Å². The summed E-state index contributed by atoms with van der Waals surface area (Å²) in [6, 6.07) is 6.62. The van der Waals surface area contributed by atoms with Crippen molar-refractivity contribution in [3.8, 4) is 0 Å². The van der Waals surface area contributed by atoms with Crippen molar-refractivity contribution in [2.75, 3.05) is 12.4 Å². The first-order valence-electron chi connectivity index (χ1n) is 6.26. The van der Waals surface area contributed by atoms with E-state index in [1.807, 2.05) is 13.0 Å². The zero-order chi connectivity index (χ0) is 13.2. The lowest BCUT2D eigenvalue weighted by Gasteiger charge is -2.03. The lowest BCUT2D eigenvalue weighted by Crippen LogP contribution is -2.03. The number of halogens is 1. The Labute approximate surface area is 112 Å². The molecular formula is C14H19FO2S.